The van der Waals surface area contributed by atoms with Crippen LogP contribution in [0.3, 0.4) is 0 Å². The molecule has 2 nitrogen and oxygen atoms in total. The van der Waals surface area contributed by atoms with Crippen LogP contribution in [-0.2, 0) is 0 Å². The summed E-state index contributed by atoms with van der Waals surface area (Å²) in [6.07, 6.45) is 11.4. The van der Waals surface area contributed by atoms with Crippen LogP contribution in [0.25, 0.3) is 0 Å². The standard InChI is InChI=1S/C19H26N2/c1-15(17-6-4-16(14-20)5-7-17)21-18-8-12-19(13-9-18)10-2-3-11-19/h4-7,15,18,21H,2-3,8-13H2,1H3. The van der Waals surface area contributed by atoms with Crippen LogP contribution in [0.2, 0.25) is 0 Å². The second kappa shape index (κ2) is 6.20. The molecule has 0 bridgehead atoms. The molecule has 0 amide bonds. The van der Waals surface area contributed by atoms with E-state index in [1.807, 2.05) is 12.1 Å². The lowest BCUT2D eigenvalue weighted by atomic mass is 9.71. The first-order valence-electron chi connectivity index (χ1n) is 8.47. The molecule has 1 unspecified atom stereocenters. The molecule has 2 aliphatic rings. The fourth-order valence-electron chi connectivity index (χ4n) is 4.32. The minimum Gasteiger partial charge on any atom is -0.307 e. The maximum atomic E-state index is 8.86. The van der Waals surface area contributed by atoms with Gasteiger partial charge in [0.05, 0.1) is 11.6 Å². The maximum absolute atomic E-state index is 8.86. The highest BCUT2D eigenvalue weighted by atomic mass is 14.9. The second-order valence-electron chi connectivity index (χ2n) is 7.10. The van der Waals surface area contributed by atoms with Crippen LogP contribution in [0.15, 0.2) is 24.3 Å². The van der Waals surface area contributed by atoms with E-state index in [-0.39, 0.29) is 0 Å². The minimum absolute atomic E-state index is 0.375. The van der Waals surface area contributed by atoms with Gasteiger partial charge in [0.2, 0.25) is 0 Å². The summed E-state index contributed by atoms with van der Waals surface area (Å²) in [6, 6.07) is 11.2. The van der Waals surface area contributed by atoms with E-state index in [1.165, 1.54) is 56.9 Å². The quantitative estimate of drug-likeness (QED) is 0.871. The third kappa shape index (κ3) is 3.30. The van der Waals surface area contributed by atoms with E-state index >= 15 is 0 Å². The summed E-state index contributed by atoms with van der Waals surface area (Å²) >= 11 is 0. The van der Waals surface area contributed by atoms with Gasteiger partial charge in [0.1, 0.15) is 0 Å². The Morgan fingerprint density at radius 3 is 2.29 bits per heavy atom. The first-order chi connectivity index (χ1) is 10.2. The molecule has 112 valence electrons. The van der Waals surface area contributed by atoms with Crippen molar-refractivity contribution in [1.82, 2.24) is 5.32 Å². The number of nitriles is 1. The summed E-state index contributed by atoms with van der Waals surface area (Å²) in [5, 5.41) is 12.7. The predicted molar refractivity (Wildman–Crippen MR) is 85.9 cm³/mol. The fourth-order valence-corrected chi connectivity index (χ4v) is 4.32. The Bertz CT molecular complexity index is 495. The second-order valence-corrected chi connectivity index (χ2v) is 7.10. The van der Waals surface area contributed by atoms with Crippen molar-refractivity contribution in [2.24, 2.45) is 5.41 Å². The molecule has 2 heteroatoms. The summed E-state index contributed by atoms with van der Waals surface area (Å²) in [6.45, 7) is 2.24. The molecule has 3 rings (SSSR count). The van der Waals surface area contributed by atoms with Crippen LogP contribution in [0.1, 0.15) is 75.5 Å². The Hall–Kier alpha value is -1.33. The number of nitrogens with one attached hydrogen (secondary N) is 1. The highest BCUT2D eigenvalue weighted by Gasteiger charge is 2.37. The lowest BCUT2D eigenvalue weighted by Gasteiger charge is -2.38. The lowest BCUT2D eigenvalue weighted by Crippen LogP contribution is -2.37. The Labute approximate surface area is 128 Å². The molecular weight excluding hydrogens is 256 g/mol. The van der Waals surface area contributed by atoms with Gasteiger partial charge in [0.25, 0.3) is 0 Å². The molecule has 1 aromatic carbocycles. The van der Waals surface area contributed by atoms with Crippen LogP contribution in [0, 0.1) is 16.7 Å². The monoisotopic (exact) mass is 282 g/mol. The highest BCUT2D eigenvalue weighted by molar-refractivity contribution is 5.32. The largest absolute Gasteiger partial charge is 0.307 e. The van der Waals surface area contributed by atoms with E-state index in [2.05, 4.69) is 30.4 Å². The van der Waals surface area contributed by atoms with Crippen LogP contribution < -0.4 is 5.32 Å². The van der Waals surface area contributed by atoms with Crippen LogP contribution in [0.5, 0.6) is 0 Å². The first kappa shape index (κ1) is 14.6. The average Bonchev–Trinajstić information content (AvgIpc) is 2.98. The van der Waals surface area contributed by atoms with E-state index in [1.54, 1.807) is 0 Å². The normalized spacial score (nSPS) is 23.0. The Morgan fingerprint density at radius 1 is 1.10 bits per heavy atom. The van der Waals surface area contributed by atoms with Crippen molar-refractivity contribution >= 4 is 0 Å². The maximum Gasteiger partial charge on any atom is 0.0991 e. The smallest absolute Gasteiger partial charge is 0.0991 e. The fraction of sp³-hybridized carbons (Fsp3) is 0.632. The molecule has 0 aliphatic heterocycles. The van der Waals surface area contributed by atoms with Crippen molar-refractivity contribution in [1.29, 1.82) is 5.26 Å². The molecule has 2 saturated carbocycles. The summed E-state index contributed by atoms with van der Waals surface area (Å²) in [4.78, 5) is 0. The van der Waals surface area contributed by atoms with E-state index in [0.29, 0.717) is 12.1 Å². The van der Waals surface area contributed by atoms with Crippen LogP contribution in [-0.4, -0.2) is 6.04 Å². The third-order valence-electron chi connectivity index (χ3n) is 5.74. The molecule has 1 N–H and O–H groups in total. The van der Waals surface area contributed by atoms with Gasteiger partial charge in [-0.15, -0.1) is 0 Å². The first-order valence-corrected chi connectivity index (χ1v) is 8.47. The van der Waals surface area contributed by atoms with Gasteiger partial charge in [-0.3, -0.25) is 0 Å². The van der Waals surface area contributed by atoms with Gasteiger partial charge in [-0.2, -0.15) is 5.26 Å². The molecule has 2 aliphatic carbocycles. The topological polar surface area (TPSA) is 35.8 Å². The summed E-state index contributed by atoms with van der Waals surface area (Å²) in [7, 11) is 0. The number of rotatable bonds is 3. The molecule has 0 aromatic heterocycles. The van der Waals surface area contributed by atoms with Gasteiger partial charge in [-0.05, 0) is 68.6 Å². The van der Waals surface area contributed by atoms with Crippen molar-refractivity contribution in [3.05, 3.63) is 35.4 Å². The van der Waals surface area contributed by atoms with Gasteiger partial charge >= 0.3 is 0 Å². The minimum atomic E-state index is 0.375. The van der Waals surface area contributed by atoms with Crippen molar-refractivity contribution in [3.63, 3.8) is 0 Å². The van der Waals surface area contributed by atoms with Crippen LogP contribution >= 0.6 is 0 Å². The Kier molecular flexibility index (Phi) is 4.31. The summed E-state index contributed by atoms with van der Waals surface area (Å²) in [5.41, 5.74) is 2.75. The molecular formula is C19H26N2. The SMILES string of the molecule is CC(NC1CCC2(CCCC2)CC1)c1ccc(C#N)cc1. The van der Waals surface area contributed by atoms with Crippen molar-refractivity contribution in [2.45, 2.75) is 70.4 Å². The highest BCUT2D eigenvalue weighted by Crippen LogP contribution is 2.49. The van der Waals surface area contributed by atoms with E-state index in [0.717, 1.165) is 11.0 Å². The number of nitrogens with zero attached hydrogens (tertiary/aromatic N) is 1. The van der Waals surface area contributed by atoms with E-state index in [4.69, 9.17) is 5.26 Å². The lowest BCUT2D eigenvalue weighted by molar-refractivity contribution is 0.164. The van der Waals surface area contributed by atoms with Crippen molar-refractivity contribution in [2.75, 3.05) is 0 Å². The van der Waals surface area contributed by atoms with Gasteiger partial charge in [-0.1, -0.05) is 25.0 Å². The number of hydrogen-bond acceptors (Lipinski definition) is 2. The summed E-state index contributed by atoms with van der Waals surface area (Å²) in [5.74, 6) is 0. The molecule has 1 atom stereocenters. The number of hydrogen-bond donors (Lipinski definition) is 1. The van der Waals surface area contributed by atoms with Gasteiger partial charge in [0.15, 0.2) is 0 Å². The zero-order valence-electron chi connectivity index (χ0n) is 13.1. The molecule has 1 aromatic rings. The zero-order chi connectivity index (χ0) is 14.7. The predicted octanol–water partition coefficient (Wildman–Crippen LogP) is 4.71. The van der Waals surface area contributed by atoms with Gasteiger partial charge < -0.3 is 5.32 Å². The Balaban J connectivity index is 1.53. The van der Waals surface area contributed by atoms with Crippen molar-refractivity contribution < 1.29 is 0 Å². The molecule has 2 fully saturated rings. The molecule has 0 heterocycles. The van der Waals surface area contributed by atoms with Gasteiger partial charge in [0, 0.05) is 12.1 Å². The summed E-state index contributed by atoms with van der Waals surface area (Å²) < 4.78 is 0. The van der Waals surface area contributed by atoms with Crippen LogP contribution in [0.4, 0.5) is 0 Å². The zero-order valence-corrected chi connectivity index (χ0v) is 13.1. The molecule has 0 saturated heterocycles. The molecule has 21 heavy (non-hydrogen) atoms. The average molecular weight is 282 g/mol. The number of benzene rings is 1. The third-order valence-corrected chi connectivity index (χ3v) is 5.74. The molecule has 1 spiro atoms. The molecule has 0 radical (unpaired) electrons. The van der Waals surface area contributed by atoms with Gasteiger partial charge in [-0.25, -0.2) is 0 Å². The van der Waals surface area contributed by atoms with E-state index in [9.17, 15) is 0 Å². The van der Waals surface area contributed by atoms with Crippen molar-refractivity contribution in [3.8, 4) is 6.07 Å². The van der Waals surface area contributed by atoms with E-state index < -0.39 is 0 Å². The Morgan fingerprint density at radius 2 is 1.71 bits per heavy atom.